The van der Waals surface area contributed by atoms with Gasteiger partial charge in [0.1, 0.15) is 5.75 Å². The number of hydrogen-bond acceptors (Lipinski definition) is 5. The molecular weight excluding hydrogens is 206 g/mol. The molecule has 0 bridgehead atoms. The van der Waals surface area contributed by atoms with Crippen LogP contribution < -0.4 is 10.5 Å². The molecule has 0 spiro atoms. The second kappa shape index (κ2) is 3.61. The second-order valence-electron chi connectivity index (χ2n) is 3.60. The Kier molecular flexibility index (Phi) is 2.11. The average Bonchev–Trinajstić information content (AvgIpc) is 2.97. The smallest absolute Gasteiger partial charge is 0.240 e. The van der Waals surface area contributed by atoms with Gasteiger partial charge in [0.05, 0.1) is 13.2 Å². The number of fused-ring (bicyclic) bond motifs is 1. The maximum atomic E-state index is 5.48. The Morgan fingerprint density at radius 2 is 2.31 bits per heavy atom. The average molecular weight is 217 g/mol. The Balaban J connectivity index is 2.09. The van der Waals surface area contributed by atoms with E-state index in [0.29, 0.717) is 18.3 Å². The summed E-state index contributed by atoms with van der Waals surface area (Å²) in [5, 5.41) is 3.91. The van der Waals surface area contributed by atoms with E-state index in [1.54, 1.807) is 0 Å². The van der Waals surface area contributed by atoms with Gasteiger partial charge in [-0.25, -0.2) is 0 Å². The standard InChI is InChI=1S/C11H11N3O2/c12-6-10-13-11(14-16-10)8-2-1-3-9-7(8)4-5-15-9/h1-3H,4-6,12H2. The van der Waals surface area contributed by atoms with E-state index >= 15 is 0 Å². The van der Waals surface area contributed by atoms with Gasteiger partial charge in [-0.3, -0.25) is 0 Å². The van der Waals surface area contributed by atoms with Gasteiger partial charge in [0.15, 0.2) is 0 Å². The van der Waals surface area contributed by atoms with Gasteiger partial charge in [-0.05, 0) is 6.07 Å². The largest absolute Gasteiger partial charge is 0.493 e. The number of aromatic nitrogens is 2. The van der Waals surface area contributed by atoms with E-state index < -0.39 is 0 Å². The van der Waals surface area contributed by atoms with Crippen LogP contribution >= 0.6 is 0 Å². The molecular formula is C11H11N3O2. The number of rotatable bonds is 2. The van der Waals surface area contributed by atoms with E-state index in [1.165, 1.54) is 0 Å². The molecule has 0 saturated carbocycles. The Morgan fingerprint density at radius 3 is 3.12 bits per heavy atom. The van der Waals surface area contributed by atoms with Crippen LogP contribution in [0.25, 0.3) is 11.4 Å². The van der Waals surface area contributed by atoms with Gasteiger partial charge < -0.3 is 15.0 Å². The fraction of sp³-hybridized carbons (Fsp3) is 0.273. The molecule has 5 nitrogen and oxygen atoms in total. The summed E-state index contributed by atoms with van der Waals surface area (Å²) < 4.78 is 10.5. The van der Waals surface area contributed by atoms with Crippen molar-refractivity contribution in [1.82, 2.24) is 10.1 Å². The zero-order valence-electron chi connectivity index (χ0n) is 8.64. The van der Waals surface area contributed by atoms with Gasteiger partial charge in [-0.2, -0.15) is 4.98 Å². The zero-order chi connectivity index (χ0) is 11.0. The minimum absolute atomic E-state index is 0.262. The highest BCUT2D eigenvalue weighted by molar-refractivity contribution is 5.64. The van der Waals surface area contributed by atoms with E-state index in [1.807, 2.05) is 18.2 Å². The molecule has 1 aliphatic heterocycles. The SMILES string of the molecule is NCc1nc(-c2cccc3c2CCO3)no1. The maximum Gasteiger partial charge on any atom is 0.240 e. The third-order valence-corrected chi connectivity index (χ3v) is 2.63. The molecule has 0 amide bonds. The number of benzene rings is 1. The summed E-state index contributed by atoms with van der Waals surface area (Å²) in [5.74, 6) is 1.95. The lowest BCUT2D eigenvalue weighted by molar-refractivity contribution is 0.357. The highest BCUT2D eigenvalue weighted by Crippen LogP contribution is 2.33. The molecule has 3 rings (SSSR count). The van der Waals surface area contributed by atoms with E-state index in [-0.39, 0.29) is 6.54 Å². The van der Waals surface area contributed by atoms with Crippen molar-refractivity contribution < 1.29 is 9.26 Å². The predicted octanol–water partition coefficient (Wildman–Crippen LogP) is 1.13. The quantitative estimate of drug-likeness (QED) is 0.816. The van der Waals surface area contributed by atoms with Gasteiger partial charge in [0.25, 0.3) is 0 Å². The van der Waals surface area contributed by atoms with Gasteiger partial charge in [0.2, 0.25) is 11.7 Å². The van der Waals surface area contributed by atoms with Crippen LogP contribution in [0.15, 0.2) is 22.7 Å². The molecule has 0 unspecified atom stereocenters. The first-order valence-electron chi connectivity index (χ1n) is 5.16. The third kappa shape index (κ3) is 1.37. The molecule has 2 N–H and O–H groups in total. The Morgan fingerprint density at radius 1 is 1.38 bits per heavy atom. The fourth-order valence-electron chi connectivity index (χ4n) is 1.88. The molecule has 1 aromatic heterocycles. The summed E-state index contributed by atoms with van der Waals surface area (Å²) in [6.45, 7) is 0.979. The van der Waals surface area contributed by atoms with Crippen LogP contribution in [0.2, 0.25) is 0 Å². The number of nitrogens with two attached hydrogens (primary N) is 1. The summed E-state index contributed by atoms with van der Waals surface area (Å²) in [5.41, 5.74) is 7.55. The summed E-state index contributed by atoms with van der Waals surface area (Å²) >= 11 is 0. The van der Waals surface area contributed by atoms with Crippen molar-refractivity contribution in [3.8, 4) is 17.1 Å². The first-order chi connectivity index (χ1) is 7.88. The van der Waals surface area contributed by atoms with Crippen molar-refractivity contribution in [1.29, 1.82) is 0 Å². The Bertz CT molecular complexity index is 522. The number of hydrogen-bond donors (Lipinski definition) is 1. The molecule has 0 saturated heterocycles. The van der Waals surface area contributed by atoms with Crippen LogP contribution in [0.1, 0.15) is 11.5 Å². The van der Waals surface area contributed by atoms with Crippen LogP contribution in [-0.4, -0.2) is 16.7 Å². The van der Waals surface area contributed by atoms with Crippen LogP contribution in [0, 0.1) is 0 Å². The minimum atomic E-state index is 0.262. The molecule has 16 heavy (non-hydrogen) atoms. The van der Waals surface area contributed by atoms with Crippen molar-refractivity contribution >= 4 is 0 Å². The monoisotopic (exact) mass is 217 g/mol. The fourth-order valence-corrected chi connectivity index (χ4v) is 1.88. The minimum Gasteiger partial charge on any atom is -0.493 e. The molecule has 82 valence electrons. The molecule has 2 heterocycles. The Hall–Kier alpha value is -1.88. The van der Waals surface area contributed by atoms with Gasteiger partial charge in [0, 0.05) is 17.5 Å². The first kappa shape index (κ1) is 9.35. The summed E-state index contributed by atoms with van der Waals surface area (Å²) in [6.07, 6.45) is 0.887. The van der Waals surface area contributed by atoms with E-state index in [4.69, 9.17) is 15.0 Å². The van der Waals surface area contributed by atoms with Crippen molar-refractivity contribution in [2.45, 2.75) is 13.0 Å². The van der Waals surface area contributed by atoms with E-state index in [2.05, 4.69) is 10.1 Å². The van der Waals surface area contributed by atoms with E-state index in [9.17, 15) is 0 Å². The van der Waals surface area contributed by atoms with Gasteiger partial charge in [-0.15, -0.1) is 0 Å². The molecule has 2 aromatic rings. The van der Waals surface area contributed by atoms with E-state index in [0.717, 1.165) is 23.3 Å². The van der Waals surface area contributed by atoms with Crippen molar-refractivity contribution in [3.05, 3.63) is 29.7 Å². The lowest BCUT2D eigenvalue weighted by atomic mass is 10.0. The normalized spacial score (nSPS) is 13.6. The number of nitrogens with zero attached hydrogens (tertiary/aromatic N) is 2. The molecule has 1 aromatic carbocycles. The molecule has 1 aliphatic rings. The highest BCUT2D eigenvalue weighted by atomic mass is 16.5. The lowest BCUT2D eigenvalue weighted by Crippen LogP contribution is -1.96. The van der Waals surface area contributed by atoms with Crippen LogP contribution in [0.3, 0.4) is 0 Å². The molecule has 0 atom stereocenters. The number of ether oxygens (including phenoxy) is 1. The zero-order valence-corrected chi connectivity index (χ0v) is 8.64. The van der Waals surface area contributed by atoms with Crippen molar-refractivity contribution in [2.24, 2.45) is 5.73 Å². The first-order valence-corrected chi connectivity index (χ1v) is 5.16. The van der Waals surface area contributed by atoms with Gasteiger partial charge >= 0.3 is 0 Å². The summed E-state index contributed by atoms with van der Waals surface area (Å²) in [4.78, 5) is 4.22. The van der Waals surface area contributed by atoms with Crippen LogP contribution in [-0.2, 0) is 13.0 Å². The highest BCUT2D eigenvalue weighted by Gasteiger charge is 2.19. The molecule has 5 heteroatoms. The van der Waals surface area contributed by atoms with Crippen molar-refractivity contribution in [3.63, 3.8) is 0 Å². The lowest BCUT2D eigenvalue weighted by Gasteiger charge is -2.01. The van der Waals surface area contributed by atoms with Gasteiger partial charge in [-0.1, -0.05) is 17.3 Å². The maximum absolute atomic E-state index is 5.48. The van der Waals surface area contributed by atoms with Crippen LogP contribution in [0.4, 0.5) is 0 Å². The molecule has 0 radical (unpaired) electrons. The predicted molar refractivity (Wildman–Crippen MR) is 56.8 cm³/mol. The van der Waals surface area contributed by atoms with Crippen LogP contribution in [0.5, 0.6) is 5.75 Å². The van der Waals surface area contributed by atoms with Crippen molar-refractivity contribution in [2.75, 3.05) is 6.61 Å². The Labute approximate surface area is 92.2 Å². The molecule has 0 fully saturated rings. The molecule has 0 aliphatic carbocycles. The summed E-state index contributed by atoms with van der Waals surface area (Å²) in [6, 6.07) is 5.85. The topological polar surface area (TPSA) is 74.2 Å². The summed E-state index contributed by atoms with van der Waals surface area (Å²) in [7, 11) is 0. The second-order valence-corrected chi connectivity index (χ2v) is 3.60. The third-order valence-electron chi connectivity index (χ3n) is 2.63.